The van der Waals surface area contributed by atoms with Crippen molar-refractivity contribution in [3.05, 3.63) is 24.2 Å². The molecular weight excluding hydrogens is 346 g/mol. The van der Waals surface area contributed by atoms with Crippen LogP contribution in [0.1, 0.15) is 65.1 Å². The second-order valence-electron chi connectivity index (χ2n) is 7.40. The molecular formula is C20H31N3O4. The fraction of sp³-hybridized carbons (Fsp3) is 0.650. The topological polar surface area (TPSA) is 91.7 Å². The van der Waals surface area contributed by atoms with Crippen LogP contribution in [0.4, 0.5) is 0 Å². The Labute approximate surface area is 160 Å². The van der Waals surface area contributed by atoms with Crippen LogP contribution >= 0.6 is 0 Å². The SMILES string of the molecule is CCC(C)(C(=O)NC1CCCCC1)N(Cc1ccco1)C(=O)CNC(C)=O. The summed E-state index contributed by atoms with van der Waals surface area (Å²) in [4.78, 5) is 38.8. The molecule has 27 heavy (non-hydrogen) atoms. The molecule has 7 nitrogen and oxygen atoms in total. The molecule has 150 valence electrons. The van der Waals surface area contributed by atoms with Crippen LogP contribution in [0.2, 0.25) is 0 Å². The maximum absolute atomic E-state index is 13.2. The maximum atomic E-state index is 13.2. The zero-order valence-corrected chi connectivity index (χ0v) is 16.5. The van der Waals surface area contributed by atoms with Gasteiger partial charge in [0.15, 0.2) is 0 Å². The third-order valence-corrected chi connectivity index (χ3v) is 5.40. The molecule has 1 atom stereocenters. The number of amides is 3. The minimum absolute atomic E-state index is 0.150. The zero-order valence-electron chi connectivity index (χ0n) is 16.5. The molecule has 0 radical (unpaired) electrons. The van der Waals surface area contributed by atoms with E-state index in [1.165, 1.54) is 24.5 Å². The van der Waals surface area contributed by atoms with Gasteiger partial charge in [0.1, 0.15) is 11.3 Å². The fourth-order valence-electron chi connectivity index (χ4n) is 3.45. The molecule has 3 amide bonds. The third-order valence-electron chi connectivity index (χ3n) is 5.40. The molecule has 0 saturated heterocycles. The van der Waals surface area contributed by atoms with Gasteiger partial charge in [-0.15, -0.1) is 0 Å². The van der Waals surface area contributed by atoms with Crippen molar-refractivity contribution in [3.63, 3.8) is 0 Å². The smallest absolute Gasteiger partial charge is 0.245 e. The molecule has 1 unspecified atom stereocenters. The number of hydrogen-bond donors (Lipinski definition) is 2. The normalized spacial score (nSPS) is 17.0. The largest absolute Gasteiger partial charge is 0.467 e. The maximum Gasteiger partial charge on any atom is 0.245 e. The third kappa shape index (κ3) is 5.58. The van der Waals surface area contributed by atoms with Gasteiger partial charge in [0.2, 0.25) is 17.7 Å². The molecule has 1 fully saturated rings. The van der Waals surface area contributed by atoms with Gasteiger partial charge < -0.3 is 20.0 Å². The minimum Gasteiger partial charge on any atom is -0.467 e. The highest BCUT2D eigenvalue weighted by atomic mass is 16.3. The van der Waals surface area contributed by atoms with Crippen LogP contribution in [-0.4, -0.2) is 40.7 Å². The summed E-state index contributed by atoms with van der Waals surface area (Å²) < 4.78 is 5.40. The van der Waals surface area contributed by atoms with Crippen LogP contribution < -0.4 is 10.6 Å². The lowest BCUT2D eigenvalue weighted by Crippen LogP contribution is -2.61. The lowest BCUT2D eigenvalue weighted by Gasteiger charge is -2.40. The van der Waals surface area contributed by atoms with Gasteiger partial charge in [-0.25, -0.2) is 0 Å². The molecule has 1 aromatic rings. The molecule has 7 heteroatoms. The highest BCUT2D eigenvalue weighted by Crippen LogP contribution is 2.25. The summed E-state index contributed by atoms with van der Waals surface area (Å²) in [6.07, 6.45) is 7.39. The first kappa shape index (κ1) is 21.0. The van der Waals surface area contributed by atoms with Crippen molar-refractivity contribution < 1.29 is 18.8 Å². The summed E-state index contributed by atoms with van der Waals surface area (Å²) in [5.41, 5.74) is -1.03. The van der Waals surface area contributed by atoms with Gasteiger partial charge in [-0.05, 0) is 38.3 Å². The van der Waals surface area contributed by atoms with E-state index in [0.29, 0.717) is 12.2 Å². The molecule has 2 rings (SSSR count). The Bertz CT molecular complexity index is 638. The van der Waals surface area contributed by atoms with Gasteiger partial charge in [0.25, 0.3) is 0 Å². The standard InChI is InChI=1S/C20H31N3O4/c1-4-20(3,19(26)22-16-9-6-5-7-10-16)23(14-17-11-8-12-27-17)18(25)13-21-15(2)24/h8,11-12,16H,4-7,9-10,13-14H2,1-3H3,(H,21,24)(H,22,26). The van der Waals surface area contributed by atoms with E-state index in [1.807, 2.05) is 6.92 Å². The highest BCUT2D eigenvalue weighted by Gasteiger charge is 2.41. The lowest BCUT2D eigenvalue weighted by atomic mass is 9.91. The van der Waals surface area contributed by atoms with Gasteiger partial charge in [-0.1, -0.05) is 26.2 Å². The summed E-state index contributed by atoms with van der Waals surface area (Å²) in [5.74, 6) is -0.160. The van der Waals surface area contributed by atoms with E-state index in [9.17, 15) is 14.4 Å². The molecule has 1 saturated carbocycles. The summed E-state index contributed by atoms with van der Waals surface area (Å²) in [6, 6.07) is 3.68. The van der Waals surface area contributed by atoms with Crippen molar-refractivity contribution in [2.24, 2.45) is 0 Å². The predicted molar refractivity (Wildman–Crippen MR) is 102 cm³/mol. The van der Waals surface area contributed by atoms with Crippen LogP contribution in [0.3, 0.4) is 0 Å². The fourth-order valence-corrected chi connectivity index (χ4v) is 3.45. The van der Waals surface area contributed by atoms with Crippen molar-refractivity contribution in [2.45, 2.75) is 77.4 Å². The van der Waals surface area contributed by atoms with Crippen LogP contribution in [0.5, 0.6) is 0 Å². The second kappa shape index (κ2) is 9.58. The van der Waals surface area contributed by atoms with Crippen molar-refractivity contribution in [3.8, 4) is 0 Å². The molecule has 0 aromatic carbocycles. The first-order valence-corrected chi connectivity index (χ1v) is 9.75. The number of rotatable bonds is 8. The van der Waals surface area contributed by atoms with E-state index in [2.05, 4.69) is 10.6 Å². The molecule has 0 spiro atoms. The number of nitrogens with zero attached hydrogens (tertiary/aromatic N) is 1. The molecule has 1 heterocycles. The van der Waals surface area contributed by atoms with Crippen molar-refractivity contribution in [2.75, 3.05) is 6.54 Å². The highest BCUT2D eigenvalue weighted by molar-refractivity contribution is 5.92. The average molecular weight is 377 g/mol. The minimum atomic E-state index is -1.03. The quantitative estimate of drug-likeness (QED) is 0.727. The Morgan fingerprint density at radius 3 is 2.52 bits per heavy atom. The predicted octanol–water partition coefficient (Wildman–Crippen LogP) is 2.36. The van der Waals surface area contributed by atoms with Crippen LogP contribution in [0, 0.1) is 0 Å². The molecule has 1 aliphatic carbocycles. The van der Waals surface area contributed by atoms with Crippen molar-refractivity contribution >= 4 is 17.7 Å². The van der Waals surface area contributed by atoms with E-state index < -0.39 is 5.54 Å². The molecule has 0 bridgehead atoms. The number of hydrogen-bond acceptors (Lipinski definition) is 4. The van der Waals surface area contributed by atoms with E-state index in [1.54, 1.807) is 19.1 Å². The van der Waals surface area contributed by atoms with Crippen LogP contribution in [-0.2, 0) is 20.9 Å². The number of carbonyl (C=O) groups excluding carboxylic acids is 3. The van der Waals surface area contributed by atoms with Gasteiger partial charge in [-0.2, -0.15) is 0 Å². The number of nitrogens with one attached hydrogen (secondary N) is 2. The van der Waals surface area contributed by atoms with Gasteiger partial charge in [0.05, 0.1) is 19.4 Å². The Hall–Kier alpha value is -2.31. The first-order chi connectivity index (χ1) is 12.9. The van der Waals surface area contributed by atoms with Gasteiger partial charge in [0, 0.05) is 13.0 Å². The van der Waals surface area contributed by atoms with E-state index in [0.717, 1.165) is 25.7 Å². The van der Waals surface area contributed by atoms with Gasteiger partial charge >= 0.3 is 0 Å². The number of carbonyl (C=O) groups is 3. The van der Waals surface area contributed by atoms with E-state index >= 15 is 0 Å². The number of furan rings is 1. The van der Waals surface area contributed by atoms with Crippen LogP contribution in [0.25, 0.3) is 0 Å². The average Bonchev–Trinajstić information content (AvgIpc) is 3.17. The Kier molecular flexibility index (Phi) is 7.45. The van der Waals surface area contributed by atoms with Crippen molar-refractivity contribution in [1.29, 1.82) is 0 Å². The zero-order chi connectivity index (χ0) is 19.9. The Morgan fingerprint density at radius 1 is 1.26 bits per heavy atom. The van der Waals surface area contributed by atoms with Gasteiger partial charge in [-0.3, -0.25) is 14.4 Å². The van der Waals surface area contributed by atoms with E-state index in [-0.39, 0.29) is 36.9 Å². The Morgan fingerprint density at radius 2 is 1.96 bits per heavy atom. The molecule has 1 aromatic heterocycles. The van der Waals surface area contributed by atoms with Crippen molar-refractivity contribution in [1.82, 2.24) is 15.5 Å². The Balaban J connectivity index is 2.19. The molecule has 0 aliphatic heterocycles. The summed E-state index contributed by atoms with van der Waals surface area (Å²) in [5, 5.41) is 5.67. The molecule has 1 aliphatic rings. The second-order valence-corrected chi connectivity index (χ2v) is 7.40. The summed E-state index contributed by atoms with van der Waals surface area (Å²) >= 11 is 0. The monoisotopic (exact) mass is 377 g/mol. The lowest BCUT2D eigenvalue weighted by molar-refractivity contribution is -0.148. The summed E-state index contributed by atoms with van der Waals surface area (Å²) in [7, 11) is 0. The first-order valence-electron chi connectivity index (χ1n) is 9.75. The summed E-state index contributed by atoms with van der Waals surface area (Å²) in [6.45, 7) is 5.05. The molecule has 2 N–H and O–H groups in total. The van der Waals surface area contributed by atoms with Crippen LogP contribution in [0.15, 0.2) is 22.8 Å². The van der Waals surface area contributed by atoms with E-state index in [4.69, 9.17) is 4.42 Å².